The van der Waals surface area contributed by atoms with Gasteiger partial charge >= 0.3 is 0 Å². The molecule has 0 spiro atoms. The Balaban J connectivity index is 1.92. The average molecular weight is 314 g/mol. The Morgan fingerprint density at radius 2 is 2.18 bits per heavy atom. The van der Waals surface area contributed by atoms with Gasteiger partial charge in [0.25, 0.3) is 0 Å². The molecular weight excluding hydrogens is 302 g/mol. The number of halogens is 1. The number of nitrogens with zero attached hydrogens (tertiary/aromatic N) is 2. The summed E-state index contributed by atoms with van der Waals surface area (Å²) in [7, 11) is 0. The summed E-state index contributed by atoms with van der Waals surface area (Å²) in [6.07, 6.45) is 4.14. The van der Waals surface area contributed by atoms with Crippen LogP contribution < -0.4 is 5.73 Å². The number of hydrogen-bond donors (Lipinski definition) is 1. The fourth-order valence-electron chi connectivity index (χ4n) is 2.18. The predicted octanol–water partition coefficient (Wildman–Crippen LogP) is 3.29. The van der Waals surface area contributed by atoms with Crippen molar-refractivity contribution in [1.29, 1.82) is 0 Å². The topological polar surface area (TPSA) is 64.9 Å². The average Bonchev–Trinajstić information content (AvgIpc) is 2.96. The maximum absolute atomic E-state index is 6.27. The van der Waals surface area contributed by atoms with E-state index in [1.165, 1.54) is 0 Å². The molecule has 17 heavy (non-hydrogen) atoms. The van der Waals surface area contributed by atoms with E-state index in [0.717, 1.165) is 35.0 Å². The first kappa shape index (κ1) is 11.4. The normalized spacial score (nSPS) is 18.7. The summed E-state index contributed by atoms with van der Waals surface area (Å²) in [5, 5.41) is 6.01. The van der Waals surface area contributed by atoms with Crippen molar-refractivity contribution in [3.63, 3.8) is 0 Å². The fraction of sp³-hybridized carbons (Fsp3) is 0.455. The summed E-state index contributed by atoms with van der Waals surface area (Å²) in [6, 6.07) is 1.98. The Labute approximate surface area is 111 Å². The number of thiophene rings is 1. The first-order chi connectivity index (χ1) is 8.17. The van der Waals surface area contributed by atoms with Gasteiger partial charge in [-0.3, -0.25) is 0 Å². The number of aromatic nitrogens is 2. The molecule has 0 bridgehead atoms. The van der Waals surface area contributed by atoms with Gasteiger partial charge in [0, 0.05) is 9.85 Å². The third-order valence-electron chi connectivity index (χ3n) is 3.14. The SMILES string of the molecule is NC1(c2nc(-c3cc(Br)cs3)no2)CCCC1. The fourth-order valence-corrected chi connectivity index (χ4v) is 3.53. The minimum Gasteiger partial charge on any atom is -0.337 e. The molecule has 0 amide bonds. The van der Waals surface area contributed by atoms with E-state index < -0.39 is 5.54 Å². The Morgan fingerprint density at radius 1 is 1.41 bits per heavy atom. The van der Waals surface area contributed by atoms with Crippen molar-refractivity contribution in [3.8, 4) is 10.7 Å². The van der Waals surface area contributed by atoms with E-state index in [-0.39, 0.29) is 0 Å². The van der Waals surface area contributed by atoms with Crippen LogP contribution in [0.1, 0.15) is 31.6 Å². The lowest BCUT2D eigenvalue weighted by molar-refractivity contribution is 0.285. The lowest BCUT2D eigenvalue weighted by Crippen LogP contribution is -2.33. The zero-order valence-electron chi connectivity index (χ0n) is 9.15. The molecule has 0 aliphatic heterocycles. The molecule has 2 heterocycles. The number of hydrogen-bond acceptors (Lipinski definition) is 5. The molecule has 2 aromatic heterocycles. The summed E-state index contributed by atoms with van der Waals surface area (Å²) in [6.45, 7) is 0. The van der Waals surface area contributed by atoms with Crippen molar-refractivity contribution in [2.24, 2.45) is 5.73 Å². The van der Waals surface area contributed by atoms with Gasteiger partial charge in [-0.15, -0.1) is 11.3 Å². The van der Waals surface area contributed by atoms with E-state index in [1.807, 2.05) is 11.4 Å². The van der Waals surface area contributed by atoms with Crippen molar-refractivity contribution in [3.05, 3.63) is 21.8 Å². The highest BCUT2D eigenvalue weighted by molar-refractivity contribution is 9.10. The monoisotopic (exact) mass is 313 g/mol. The van der Waals surface area contributed by atoms with Crippen LogP contribution in [0, 0.1) is 0 Å². The van der Waals surface area contributed by atoms with Crippen LogP contribution in [0.15, 0.2) is 20.4 Å². The maximum atomic E-state index is 6.27. The van der Waals surface area contributed by atoms with Crippen molar-refractivity contribution in [2.75, 3.05) is 0 Å². The third-order valence-corrected chi connectivity index (χ3v) is 4.82. The van der Waals surface area contributed by atoms with Crippen LogP contribution >= 0.6 is 27.3 Å². The molecule has 1 fully saturated rings. The Morgan fingerprint density at radius 3 is 2.82 bits per heavy atom. The second-order valence-electron chi connectivity index (χ2n) is 4.42. The summed E-state index contributed by atoms with van der Waals surface area (Å²) in [5.74, 6) is 1.21. The number of rotatable bonds is 2. The van der Waals surface area contributed by atoms with Crippen LogP contribution in [-0.2, 0) is 5.54 Å². The highest BCUT2D eigenvalue weighted by Crippen LogP contribution is 2.36. The van der Waals surface area contributed by atoms with E-state index in [2.05, 4.69) is 26.1 Å². The van der Waals surface area contributed by atoms with Crippen LogP contribution in [0.25, 0.3) is 10.7 Å². The molecule has 0 saturated heterocycles. The van der Waals surface area contributed by atoms with E-state index in [0.29, 0.717) is 11.7 Å². The molecule has 4 nitrogen and oxygen atoms in total. The molecule has 2 N–H and O–H groups in total. The predicted molar refractivity (Wildman–Crippen MR) is 69.6 cm³/mol. The van der Waals surface area contributed by atoms with Crippen molar-refractivity contribution >= 4 is 27.3 Å². The lowest BCUT2D eigenvalue weighted by Gasteiger charge is -2.17. The van der Waals surface area contributed by atoms with E-state index in [9.17, 15) is 0 Å². The van der Waals surface area contributed by atoms with Crippen molar-refractivity contribution in [2.45, 2.75) is 31.2 Å². The van der Waals surface area contributed by atoms with Gasteiger partial charge in [0.15, 0.2) is 0 Å². The summed E-state index contributed by atoms with van der Waals surface area (Å²) >= 11 is 5.00. The van der Waals surface area contributed by atoms with Gasteiger partial charge in [0.2, 0.25) is 11.7 Å². The highest BCUT2D eigenvalue weighted by atomic mass is 79.9. The van der Waals surface area contributed by atoms with Gasteiger partial charge in [-0.05, 0) is 34.8 Å². The van der Waals surface area contributed by atoms with Crippen LogP contribution in [0.3, 0.4) is 0 Å². The molecule has 0 radical (unpaired) electrons. The first-order valence-corrected chi connectivity index (χ1v) is 7.22. The van der Waals surface area contributed by atoms with Gasteiger partial charge in [0.05, 0.1) is 10.4 Å². The van der Waals surface area contributed by atoms with E-state index >= 15 is 0 Å². The van der Waals surface area contributed by atoms with Crippen LogP contribution in [0.2, 0.25) is 0 Å². The largest absolute Gasteiger partial charge is 0.337 e. The number of nitrogens with two attached hydrogens (primary N) is 1. The smallest absolute Gasteiger partial charge is 0.247 e. The summed E-state index contributed by atoms with van der Waals surface area (Å²) in [4.78, 5) is 5.43. The molecule has 90 valence electrons. The minimum atomic E-state index is -0.403. The van der Waals surface area contributed by atoms with E-state index in [4.69, 9.17) is 10.3 Å². The zero-order chi connectivity index (χ0) is 11.9. The summed E-state index contributed by atoms with van der Waals surface area (Å²) in [5.41, 5.74) is 5.87. The molecule has 0 unspecified atom stereocenters. The second kappa shape index (κ2) is 4.19. The quantitative estimate of drug-likeness (QED) is 0.924. The Bertz CT molecular complexity index is 530. The molecule has 6 heteroatoms. The minimum absolute atomic E-state index is 0.403. The van der Waals surface area contributed by atoms with Crippen LogP contribution in [0.4, 0.5) is 0 Å². The van der Waals surface area contributed by atoms with Gasteiger partial charge in [-0.1, -0.05) is 18.0 Å². The Hall–Kier alpha value is -0.720. The van der Waals surface area contributed by atoms with E-state index in [1.54, 1.807) is 11.3 Å². The maximum Gasteiger partial charge on any atom is 0.247 e. The van der Waals surface area contributed by atoms with Gasteiger partial charge < -0.3 is 10.3 Å². The molecular formula is C11H12BrN3OS. The molecule has 0 atom stereocenters. The van der Waals surface area contributed by atoms with Gasteiger partial charge in [-0.2, -0.15) is 4.98 Å². The highest BCUT2D eigenvalue weighted by Gasteiger charge is 2.37. The van der Waals surface area contributed by atoms with Gasteiger partial charge in [-0.25, -0.2) is 0 Å². The van der Waals surface area contributed by atoms with Gasteiger partial charge in [0.1, 0.15) is 0 Å². The third kappa shape index (κ3) is 2.05. The lowest BCUT2D eigenvalue weighted by atomic mass is 9.99. The Kier molecular flexibility index (Phi) is 2.80. The molecule has 1 aliphatic carbocycles. The van der Waals surface area contributed by atoms with Crippen molar-refractivity contribution < 1.29 is 4.52 Å². The molecule has 3 rings (SSSR count). The molecule has 0 aromatic carbocycles. The first-order valence-electron chi connectivity index (χ1n) is 5.55. The standard InChI is InChI=1S/C11H12BrN3OS/c12-7-5-8(17-6-7)9-14-10(16-15-9)11(13)3-1-2-4-11/h5-6H,1-4,13H2. The molecule has 2 aromatic rings. The molecule has 1 saturated carbocycles. The van der Waals surface area contributed by atoms with Crippen LogP contribution in [0.5, 0.6) is 0 Å². The molecule has 1 aliphatic rings. The van der Waals surface area contributed by atoms with Crippen molar-refractivity contribution in [1.82, 2.24) is 10.1 Å². The second-order valence-corrected chi connectivity index (χ2v) is 6.24. The van der Waals surface area contributed by atoms with Crippen LogP contribution in [-0.4, -0.2) is 10.1 Å². The summed E-state index contributed by atoms with van der Waals surface area (Å²) < 4.78 is 6.35. The zero-order valence-corrected chi connectivity index (χ0v) is 11.6.